The zero-order valence-corrected chi connectivity index (χ0v) is 13.9. The lowest BCUT2D eigenvalue weighted by molar-refractivity contribution is -0.0298. The van der Waals surface area contributed by atoms with Crippen molar-refractivity contribution in [3.8, 4) is 17.1 Å². The van der Waals surface area contributed by atoms with E-state index in [1.54, 1.807) is 25.7 Å². The smallest absolute Gasteiger partial charge is 0.225 e. The first-order valence-electron chi connectivity index (χ1n) is 7.78. The molecule has 24 heavy (non-hydrogen) atoms. The Morgan fingerprint density at radius 2 is 2.17 bits per heavy atom. The Kier molecular flexibility index (Phi) is 4.03. The molecule has 1 atom stereocenters. The average Bonchev–Trinajstić information content (AvgIpc) is 3.05. The lowest BCUT2D eigenvalue weighted by atomic mass is 10.2. The minimum absolute atomic E-state index is 0.0587. The van der Waals surface area contributed by atoms with E-state index in [2.05, 4.69) is 19.9 Å². The Labute approximate surface area is 143 Å². The van der Waals surface area contributed by atoms with Crippen LogP contribution in [-0.4, -0.2) is 38.2 Å². The molecular weight excluding hydrogens is 330 g/mol. The molecule has 0 N–H and O–H groups in total. The highest BCUT2D eigenvalue weighted by Crippen LogP contribution is 2.30. The standard InChI is InChI=1S/C16H16ClN5O2/c1-23-11-6-5-10(8-18-11)13-14-15(21-16(17)20-13)22(9-19-14)12-4-2-3-7-24-12/h5-6,8-9,12H,2-4,7H2,1H3. The van der Waals surface area contributed by atoms with Crippen molar-refractivity contribution in [3.63, 3.8) is 0 Å². The van der Waals surface area contributed by atoms with Crippen LogP contribution in [0.25, 0.3) is 22.4 Å². The largest absolute Gasteiger partial charge is 0.481 e. The van der Waals surface area contributed by atoms with Crippen LogP contribution in [0.5, 0.6) is 5.88 Å². The molecule has 3 aromatic heterocycles. The molecule has 1 aliphatic heterocycles. The van der Waals surface area contributed by atoms with Gasteiger partial charge in [0, 0.05) is 24.4 Å². The number of methoxy groups -OCH3 is 1. The fraction of sp³-hybridized carbons (Fsp3) is 0.375. The molecule has 0 bridgehead atoms. The molecule has 124 valence electrons. The van der Waals surface area contributed by atoms with Crippen LogP contribution in [-0.2, 0) is 4.74 Å². The summed E-state index contributed by atoms with van der Waals surface area (Å²) >= 11 is 6.15. The third-order valence-electron chi connectivity index (χ3n) is 4.08. The molecule has 0 aliphatic carbocycles. The summed E-state index contributed by atoms with van der Waals surface area (Å²) in [6.45, 7) is 0.748. The molecule has 0 amide bonds. The highest BCUT2D eigenvalue weighted by molar-refractivity contribution is 6.28. The SMILES string of the molecule is COc1ccc(-c2nc(Cl)nc3c2ncn3C2CCCCO2)cn1. The van der Waals surface area contributed by atoms with Gasteiger partial charge in [0.05, 0.1) is 13.4 Å². The molecule has 8 heteroatoms. The van der Waals surface area contributed by atoms with Gasteiger partial charge in [-0.25, -0.2) is 15.0 Å². The average molecular weight is 346 g/mol. The van der Waals surface area contributed by atoms with Crippen LogP contribution in [0.15, 0.2) is 24.7 Å². The normalized spacial score (nSPS) is 18.0. The van der Waals surface area contributed by atoms with Crippen molar-refractivity contribution < 1.29 is 9.47 Å². The molecule has 1 aliphatic rings. The molecule has 0 saturated carbocycles. The molecular formula is C16H16ClN5O2. The summed E-state index contributed by atoms with van der Waals surface area (Å²) in [5.41, 5.74) is 2.81. The van der Waals surface area contributed by atoms with Gasteiger partial charge in [0.1, 0.15) is 17.4 Å². The summed E-state index contributed by atoms with van der Waals surface area (Å²) in [7, 11) is 1.58. The number of aromatic nitrogens is 5. The first kappa shape index (κ1) is 15.3. The Morgan fingerprint density at radius 3 is 2.88 bits per heavy atom. The molecule has 4 rings (SSSR count). The van der Waals surface area contributed by atoms with Gasteiger partial charge in [-0.2, -0.15) is 4.98 Å². The van der Waals surface area contributed by atoms with Crippen molar-refractivity contribution in [2.24, 2.45) is 0 Å². The summed E-state index contributed by atoms with van der Waals surface area (Å²) in [6, 6.07) is 3.65. The minimum atomic E-state index is -0.0587. The van der Waals surface area contributed by atoms with Crippen LogP contribution in [0.3, 0.4) is 0 Å². The Balaban J connectivity index is 1.82. The third-order valence-corrected chi connectivity index (χ3v) is 4.25. The summed E-state index contributed by atoms with van der Waals surface area (Å²) in [4.78, 5) is 17.4. The highest BCUT2D eigenvalue weighted by Gasteiger charge is 2.21. The summed E-state index contributed by atoms with van der Waals surface area (Å²) in [6.07, 6.45) is 6.52. The molecule has 0 radical (unpaired) electrons. The lowest BCUT2D eigenvalue weighted by Crippen LogP contribution is -2.17. The zero-order chi connectivity index (χ0) is 16.5. The van der Waals surface area contributed by atoms with E-state index in [1.165, 1.54) is 0 Å². The van der Waals surface area contributed by atoms with Gasteiger partial charge in [-0.05, 0) is 36.9 Å². The fourth-order valence-electron chi connectivity index (χ4n) is 2.89. The van der Waals surface area contributed by atoms with E-state index in [4.69, 9.17) is 21.1 Å². The van der Waals surface area contributed by atoms with Crippen molar-refractivity contribution in [1.29, 1.82) is 0 Å². The van der Waals surface area contributed by atoms with Gasteiger partial charge >= 0.3 is 0 Å². The molecule has 0 spiro atoms. The minimum Gasteiger partial charge on any atom is -0.481 e. The second-order valence-electron chi connectivity index (χ2n) is 5.58. The fourth-order valence-corrected chi connectivity index (χ4v) is 3.05. The molecule has 4 heterocycles. The van der Waals surface area contributed by atoms with E-state index >= 15 is 0 Å². The predicted octanol–water partition coefficient (Wildman–Crippen LogP) is 3.25. The van der Waals surface area contributed by atoms with Gasteiger partial charge in [0.15, 0.2) is 5.65 Å². The van der Waals surface area contributed by atoms with Crippen LogP contribution in [0, 0.1) is 0 Å². The number of fused-ring (bicyclic) bond motifs is 1. The van der Waals surface area contributed by atoms with E-state index in [0.717, 1.165) is 31.4 Å². The lowest BCUT2D eigenvalue weighted by Gasteiger charge is -2.23. The maximum absolute atomic E-state index is 6.15. The first-order valence-corrected chi connectivity index (χ1v) is 8.16. The maximum atomic E-state index is 6.15. The molecule has 3 aromatic rings. The van der Waals surface area contributed by atoms with Crippen LogP contribution >= 0.6 is 11.6 Å². The van der Waals surface area contributed by atoms with Crippen LogP contribution in [0.2, 0.25) is 5.28 Å². The Hall–Kier alpha value is -2.25. The van der Waals surface area contributed by atoms with Gasteiger partial charge in [-0.15, -0.1) is 0 Å². The number of hydrogen-bond donors (Lipinski definition) is 0. The zero-order valence-electron chi connectivity index (χ0n) is 13.1. The monoisotopic (exact) mass is 345 g/mol. The number of imidazole rings is 1. The summed E-state index contributed by atoms with van der Waals surface area (Å²) < 4.78 is 12.9. The number of hydrogen-bond acceptors (Lipinski definition) is 6. The molecule has 1 fully saturated rings. The van der Waals surface area contributed by atoms with Crippen molar-refractivity contribution in [2.75, 3.05) is 13.7 Å². The van der Waals surface area contributed by atoms with Gasteiger partial charge in [-0.3, -0.25) is 4.57 Å². The second kappa shape index (κ2) is 6.33. The van der Waals surface area contributed by atoms with Crippen LogP contribution in [0.1, 0.15) is 25.5 Å². The first-order chi connectivity index (χ1) is 11.8. The van der Waals surface area contributed by atoms with E-state index < -0.39 is 0 Å². The third kappa shape index (κ3) is 2.70. The van der Waals surface area contributed by atoms with Crippen molar-refractivity contribution in [1.82, 2.24) is 24.5 Å². The molecule has 0 aromatic carbocycles. The number of rotatable bonds is 3. The number of halogens is 1. The van der Waals surface area contributed by atoms with Crippen molar-refractivity contribution in [2.45, 2.75) is 25.5 Å². The van der Waals surface area contributed by atoms with Gasteiger partial charge in [-0.1, -0.05) is 0 Å². The van der Waals surface area contributed by atoms with Gasteiger partial charge in [0.25, 0.3) is 0 Å². The van der Waals surface area contributed by atoms with Crippen LogP contribution < -0.4 is 4.74 Å². The quantitative estimate of drug-likeness (QED) is 0.678. The topological polar surface area (TPSA) is 75.0 Å². The second-order valence-corrected chi connectivity index (χ2v) is 5.91. The number of ether oxygens (including phenoxy) is 2. The Bertz CT molecular complexity index is 859. The van der Waals surface area contributed by atoms with Crippen molar-refractivity contribution >= 4 is 22.8 Å². The predicted molar refractivity (Wildman–Crippen MR) is 89.0 cm³/mol. The van der Waals surface area contributed by atoms with Crippen molar-refractivity contribution in [3.05, 3.63) is 29.9 Å². The van der Waals surface area contributed by atoms with E-state index in [1.807, 2.05) is 10.6 Å². The number of nitrogens with zero attached hydrogens (tertiary/aromatic N) is 5. The molecule has 1 saturated heterocycles. The summed E-state index contributed by atoms with van der Waals surface area (Å²) in [5, 5.41) is 0.172. The molecule has 1 unspecified atom stereocenters. The highest BCUT2D eigenvalue weighted by atomic mass is 35.5. The number of pyridine rings is 1. The van der Waals surface area contributed by atoms with E-state index in [9.17, 15) is 0 Å². The van der Waals surface area contributed by atoms with E-state index in [0.29, 0.717) is 22.7 Å². The maximum Gasteiger partial charge on any atom is 0.225 e. The van der Waals surface area contributed by atoms with Crippen LogP contribution in [0.4, 0.5) is 0 Å². The van der Waals surface area contributed by atoms with Gasteiger partial charge < -0.3 is 9.47 Å². The molecule has 7 nitrogen and oxygen atoms in total. The summed E-state index contributed by atoms with van der Waals surface area (Å²) in [5.74, 6) is 0.538. The Morgan fingerprint density at radius 1 is 1.25 bits per heavy atom. The van der Waals surface area contributed by atoms with Gasteiger partial charge in [0.2, 0.25) is 11.2 Å². The van der Waals surface area contributed by atoms with E-state index in [-0.39, 0.29) is 11.5 Å².